The van der Waals surface area contributed by atoms with E-state index in [1.54, 1.807) is 7.11 Å². The molecule has 0 unspecified atom stereocenters. The van der Waals surface area contributed by atoms with E-state index in [1.807, 2.05) is 18.2 Å². The van der Waals surface area contributed by atoms with Gasteiger partial charge in [0.05, 0.1) is 12.8 Å². The van der Waals surface area contributed by atoms with E-state index in [9.17, 15) is 0 Å². The fraction of sp³-hybridized carbons (Fsp3) is 0.294. The molecule has 2 nitrogen and oxygen atoms in total. The first-order valence-electron chi connectivity index (χ1n) is 6.65. The summed E-state index contributed by atoms with van der Waals surface area (Å²) in [5.74, 6) is 0.856. The van der Waals surface area contributed by atoms with Gasteiger partial charge >= 0.3 is 0 Å². The fourth-order valence-electron chi connectivity index (χ4n) is 2.22. The van der Waals surface area contributed by atoms with Gasteiger partial charge < -0.3 is 10.1 Å². The van der Waals surface area contributed by atoms with E-state index in [0.717, 1.165) is 22.5 Å². The largest absolute Gasteiger partial charge is 0.495 e. The lowest BCUT2D eigenvalue weighted by Crippen LogP contribution is -2.04. The molecule has 0 aliphatic carbocycles. The summed E-state index contributed by atoms with van der Waals surface area (Å²) in [6.45, 7) is 7.25. The van der Waals surface area contributed by atoms with Gasteiger partial charge in [-0.1, -0.05) is 28.1 Å². The summed E-state index contributed by atoms with van der Waals surface area (Å²) in [6.07, 6.45) is 0. The normalized spacial score (nSPS) is 10.4. The van der Waals surface area contributed by atoms with Gasteiger partial charge in [0.2, 0.25) is 0 Å². The number of methoxy groups -OCH3 is 1. The van der Waals surface area contributed by atoms with E-state index >= 15 is 0 Å². The summed E-state index contributed by atoms with van der Waals surface area (Å²) in [4.78, 5) is 0. The number of nitrogens with one attached hydrogen (secondary N) is 1. The monoisotopic (exact) mass is 333 g/mol. The van der Waals surface area contributed by atoms with Crippen molar-refractivity contribution in [2.75, 3.05) is 12.4 Å². The van der Waals surface area contributed by atoms with Crippen LogP contribution in [-0.2, 0) is 6.54 Å². The predicted octanol–water partition coefficient (Wildman–Crippen LogP) is 5.00. The number of ether oxygens (including phenoxy) is 1. The van der Waals surface area contributed by atoms with Crippen molar-refractivity contribution in [3.05, 3.63) is 57.1 Å². The van der Waals surface area contributed by atoms with Gasteiger partial charge in [0, 0.05) is 11.0 Å². The van der Waals surface area contributed by atoms with Crippen molar-refractivity contribution >= 4 is 21.6 Å². The first-order valence-corrected chi connectivity index (χ1v) is 7.44. The van der Waals surface area contributed by atoms with Crippen molar-refractivity contribution in [1.29, 1.82) is 0 Å². The van der Waals surface area contributed by atoms with Crippen LogP contribution in [0.1, 0.15) is 22.3 Å². The van der Waals surface area contributed by atoms with E-state index in [1.165, 1.54) is 22.3 Å². The Morgan fingerprint density at radius 2 is 1.70 bits per heavy atom. The number of rotatable bonds is 4. The SMILES string of the molecule is COc1ccc(Br)cc1NCc1cc(C)c(C)cc1C. The lowest BCUT2D eigenvalue weighted by atomic mass is 10.0. The van der Waals surface area contributed by atoms with Crippen molar-refractivity contribution in [3.8, 4) is 5.75 Å². The third-order valence-electron chi connectivity index (χ3n) is 3.58. The van der Waals surface area contributed by atoms with E-state index in [2.05, 4.69) is 54.2 Å². The van der Waals surface area contributed by atoms with Crippen LogP contribution in [-0.4, -0.2) is 7.11 Å². The van der Waals surface area contributed by atoms with Gasteiger partial charge in [0.1, 0.15) is 5.75 Å². The molecule has 0 radical (unpaired) electrons. The second-order valence-corrected chi connectivity index (χ2v) is 5.98. The Morgan fingerprint density at radius 1 is 1.00 bits per heavy atom. The molecule has 0 atom stereocenters. The molecule has 0 saturated heterocycles. The highest BCUT2D eigenvalue weighted by molar-refractivity contribution is 9.10. The van der Waals surface area contributed by atoms with Gasteiger partial charge in [0.15, 0.2) is 0 Å². The number of benzene rings is 2. The topological polar surface area (TPSA) is 21.3 Å². The molecule has 0 aliphatic rings. The lowest BCUT2D eigenvalue weighted by Gasteiger charge is -2.14. The Hall–Kier alpha value is -1.48. The van der Waals surface area contributed by atoms with Crippen LogP contribution >= 0.6 is 15.9 Å². The second kappa shape index (κ2) is 6.31. The maximum absolute atomic E-state index is 5.38. The Labute approximate surface area is 129 Å². The molecule has 0 heterocycles. The van der Waals surface area contributed by atoms with Crippen molar-refractivity contribution in [2.24, 2.45) is 0 Å². The van der Waals surface area contributed by atoms with E-state index in [4.69, 9.17) is 4.74 Å². The maximum atomic E-state index is 5.38. The smallest absolute Gasteiger partial charge is 0.142 e. The standard InChI is InChI=1S/C17H20BrNO/c1-11-7-13(3)14(8-12(11)2)10-19-16-9-15(18)5-6-17(16)20-4/h5-9,19H,10H2,1-4H3. The summed E-state index contributed by atoms with van der Waals surface area (Å²) in [5, 5.41) is 3.45. The highest BCUT2D eigenvalue weighted by Crippen LogP contribution is 2.28. The zero-order valence-corrected chi connectivity index (χ0v) is 14.0. The molecule has 2 rings (SSSR count). The zero-order valence-electron chi connectivity index (χ0n) is 12.4. The van der Waals surface area contributed by atoms with Crippen LogP contribution in [0.4, 0.5) is 5.69 Å². The number of aryl methyl sites for hydroxylation is 3. The van der Waals surface area contributed by atoms with Crippen LogP contribution in [0, 0.1) is 20.8 Å². The van der Waals surface area contributed by atoms with Gasteiger partial charge in [-0.15, -0.1) is 0 Å². The fourth-order valence-corrected chi connectivity index (χ4v) is 2.58. The molecule has 0 aliphatic heterocycles. The summed E-state index contributed by atoms with van der Waals surface area (Å²) in [6, 6.07) is 10.5. The third kappa shape index (κ3) is 3.34. The summed E-state index contributed by atoms with van der Waals surface area (Å²) < 4.78 is 6.42. The van der Waals surface area contributed by atoms with Crippen molar-refractivity contribution in [3.63, 3.8) is 0 Å². The van der Waals surface area contributed by atoms with Crippen LogP contribution in [0.25, 0.3) is 0 Å². The number of hydrogen-bond donors (Lipinski definition) is 1. The number of halogens is 1. The molecular weight excluding hydrogens is 314 g/mol. The van der Waals surface area contributed by atoms with Crippen molar-refractivity contribution in [1.82, 2.24) is 0 Å². The van der Waals surface area contributed by atoms with Gasteiger partial charge in [-0.3, -0.25) is 0 Å². The minimum Gasteiger partial charge on any atom is -0.495 e. The highest BCUT2D eigenvalue weighted by Gasteiger charge is 2.06. The Bertz CT molecular complexity index is 623. The molecule has 2 aromatic rings. The Kier molecular flexibility index (Phi) is 4.71. The summed E-state index contributed by atoms with van der Waals surface area (Å²) in [5.41, 5.74) is 6.30. The number of anilines is 1. The highest BCUT2D eigenvalue weighted by atomic mass is 79.9. The molecular formula is C17H20BrNO. The molecule has 3 heteroatoms. The van der Waals surface area contributed by atoms with Crippen LogP contribution < -0.4 is 10.1 Å². The van der Waals surface area contributed by atoms with Gasteiger partial charge in [-0.05, 0) is 61.2 Å². The lowest BCUT2D eigenvalue weighted by molar-refractivity contribution is 0.416. The zero-order chi connectivity index (χ0) is 14.7. The summed E-state index contributed by atoms with van der Waals surface area (Å²) in [7, 11) is 1.69. The first kappa shape index (κ1) is 14.9. The maximum Gasteiger partial charge on any atom is 0.142 e. The Morgan fingerprint density at radius 3 is 2.40 bits per heavy atom. The average Bonchev–Trinajstić information content (AvgIpc) is 2.41. The van der Waals surface area contributed by atoms with Gasteiger partial charge in [0.25, 0.3) is 0 Å². The Balaban J connectivity index is 2.21. The van der Waals surface area contributed by atoms with E-state index in [0.29, 0.717) is 0 Å². The minimum absolute atomic E-state index is 0.791. The molecule has 1 N–H and O–H groups in total. The summed E-state index contributed by atoms with van der Waals surface area (Å²) >= 11 is 3.49. The van der Waals surface area contributed by atoms with Crippen LogP contribution in [0.5, 0.6) is 5.75 Å². The van der Waals surface area contributed by atoms with Gasteiger partial charge in [-0.2, -0.15) is 0 Å². The number of hydrogen-bond acceptors (Lipinski definition) is 2. The van der Waals surface area contributed by atoms with Crippen LogP contribution in [0.3, 0.4) is 0 Å². The molecule has 0 aromatic heterocycles. The molecule has 0 fully saturated rings. The first-order chi connectivity index (χ1) is 9.51. The molecule has 106 valence electrons. The molecule has 0 bridgehead atoms. The predicted molar refractivity (Wildman–Crippen MR) is 88.7 cm³/mol. The van der Waals surface area contributed by atoms with E-state index < -0.39 is 0 Å². The molecule has 0 amide bonds. The van der Waals surface area contributed by atoms with Crippen molar-refractivity contribution in [2.45, 2.75) is 27.3 Å². The van der Waals surface area contributed by atoms with Crippen LogP contribution in [0.2, 0.25) is 0 Å². The molecule has 2 aromatic carbocycles. The van der Waals surface area contributed by atoms with Crippen LogP contribution in [0.15, 0.2) is 34.8 Å². The minimum atomic E-state index is 0.791. The third-order valence-corrected chi connectivity index (χ3v) is 4.08. The quantitative estimate of drug-likeness (QED) is 0.850. The molecule has 0 spiro atoms. The molecule has 0 saturated carbocycles. The average molecular weight is 334 g/mol. The molecule has 20 heavy (non-hydrogen) atoms. The van der Waals surface area contributed by atoms with Crippen molar-refractivity contribution < 1.29 is 4.74 Å². The van der Waals surface area contributed by atoms with E-state index in [-0.39, 0.29) is 0 Å². The van der Waals surface area contributed by atoms with Gasteiger partial charge in [-0.25, -0.2) is 0 Å². The second-order valence-electron chi connectivity index (χ2n) is 5.06.